The van der Waals surface area contributed by atoms with Crippen molar-refractivity contribution in [2.24, 2.45) is 0 Å². The molecule has 23 saturated heterocycles. The summed E-state index contributed by atoms with van der Waals surface area (Å²) in [5, 5.41) is 188. The number of rotatable bonds is 13. The maximum absolute atomic E-state index is 11.9. The van der Waals surface area contributed by atoms with Gasteiger partial charge in [-0.05, 0) is 12.8 Å². The molecule has 0 spiro atoms. The van der Waals surface area contributed by atoms with Crippen LogP contribution in [-0.2, 0) is 66.3 Å². The molecule has 74 heavy (non-hydrogen) atoms. The molecule has 0 saturated carbocycles. The van der Waals surface area contributed by atoms with Crippen LogP contribution in [0, 0.1) is 0 Å². The van der Waals surface area contributed by atoms with E-state index in [1.165, 1.54) is 0 Å². The zero-order chi connectivity index (χ0) is 53.3. The number of hydrogen-bond acceptors (Lipinski definition) is 31. The average molecular weight is 1090 g/mol. The molecule has 0 aromatic carbocycles. The minimum atomic E-state index is -2.15. The fourth-order valence-electron chi connectivity index (χ4n) is 10.2. The van der Waals surface area contributed by atoms with E-state index in [1.54, 1.807) is 0 Å². The molecule has 31 nitrogen and oxygen atoms in total. The lowest BCUT2D eigenvalue weighted by Gasteiger charge is -2.51. The third-order valence-corrected chi connectivity index (χ3v) is 14.5. The predicted molar refractivity (Wildman–Crippen MR) is 228 cm³/mol. The minimum absolute atomic E-state index is 0.0422. The van der Waals surface area contributed by atoms with Crippen molar-refractivity contribution in [2.75, 3.05) is 52.9 Å². The monoisotopic (exact) mass is 1080 g/mol. The molecule has 0 aromatic heterocycles. The summed E-state index contributed by atoms with van der Waals surface area (Å²) in [7, 11) is 0. The Morgan fingerprint density at radius 1 is 0.297 bits per heavy atom. The highest BCUT2D eigenvalue weighted by molar-refractivity contribution is 5.01. The Kier molecular flexibility index (Phi) is 20.6. The standard InChI is InChI=1S/C43H72O31/c44-6-14-31-20(50)25(55)38(63-14)70-32-15(7-45)65-40(27(57)22(32)52)72-34-17(9-47)67-42(29(59)24(34)54)74-36-19(11-49)68-43(30(60)37(36)61-5-3-1-2-4-13-12-62-13)73-35-18(10-48)66-41(28(58)23(35)53)71-33-16(8-46)64-39(69-31)26(56)21(33)51/h13-60H,1-12H2/t13?,14-,15-,16-,17-,18-,19-,20-,21-,22-,23-,24-,25-,26-,27-,28-,29-,30-,31-,32-,33-,34-,35-,36+,37-,38-,39-,40-,41-,42-,43-/m1/s1. The second-order valence-corrected chi connectivity index (χ2v) is 19.5. The first-order valence-corrected chi connectivity index (χ1v) is 24.7. The van der Waals surface area contributed by atoms with Gasteiger partial charge in [-0.1, -0.05) is 12.8 Å². The summed E-state index contributed by atoms with van der Waals surface area (Å²) < 4.78 is 81.2. The van der Waals surface area contributed by atoms with Crippen molar-refractivity contribution in [3.05, 3.63) is 0 Å². The molecule has 23 heterocycles. The van der Waals surface area contributed by atoms with Crippen molar-refractivity contribution < 1.29 is 153 Å². The molecule has 31 heteroatoms. The first kappa shape index (κ1) is 58.9. The van der Waals surface area contributed by atoms with Crippen LogP contribution in [0.5, 0.6) is 0 Å². The molecule has 31 atom stereocenters. The van der Waals surface area contributed by atoms with Crippen molar-refractivity contribution in [2.45, 2.75) is 216 Å². The maximum atomic E-state index is 11.9. The Hall–Kier alpha value is -1.24. The van der Waals surface area contributed by atoms with Gasteiger partial charge in [-0.2, -0.15) is 0 Å². The number of epoxide rings is 1. The van der Waals surface area contributed by atoms with Crippen molar-refractivity contribution in [3.63, 3.8) is 0 Å². The maximum Gasteiger partial charge on any atom is 0.187 e. The Morgan fingerprint density at radius 3 is 0.824 bits per heavy atom. The highest BCUT2D eigenvalue weighted by atomic mass is 16.8. The molecule has 23 aliphatic rings. The summed E-state index contributed by atoms with van der Waals surface area (Å²) in [6.07, 6.45) is -54.0. The van der Waals surface area contributed by atoms with Crippen molar-refractivity contribution in [1.29, 1.82) is 0 Å². The van der Waals surface area contributed by atoms with E-state index in [-0.39, 0.29) is 12.7 Å². The van der Waals surface area contributed by atoms with Crippen LogP contribution < -0.4 is 0 Å². The lowest BCUT2D eigenvalue weighted by molar-refractivity contribution is -0.404. The number of ether oxygens (including phenoxy) is 14. The number of hydrogen-bond donors (Lipinski definition) is 17. The smallest absolute Gasteiger partial charge is 0.187 e. The second kappa shape index (κ2) is 25.9. The summed E-state index contributed by atoms with van der Waals surface area (Å²) in [5.41, 5.74) is 0. The van der Waals surface area contributed by atoms with E-state index in [9.17, 15) is 86.8 Å². The van der Waals surface area contributed by atoms with Crippen LogP contribution in [-0.4, -0.2) is 330 Å². The molecule has 430 valence electrons. The molecule has 1 unspecified atom stereocenters. The lowest BCUT2D eigenvalue weighted by atomic mass is 9.94. The van der Waals surface area contributed by atoms with Crippen LogP contribution >= 0.6 is 0 Å². The molecule has 0 aromatic rings. The van der Waals surface area contributed by atoms with Gasteiger partial charge < -0.3 is 153 Å². The van der Waals surface area contributed by atoms with Crippen LogP contribution in [0.1, 0.15) is 25.7 Å². The van der Waals surface area contributed by atoms with E-state index in [0.717, 1.165) is 12.8 Å². The summed E-state index contributed by atoms with van der Waals surface area (Å²) in [5.74, 6) is 0. The lowest BCUT2D eigenvalue weighted by Crippen LogP contribution is -2.69. The summed E-state index contributed by atoms with van der Waals surface area (Å²) in [4.78, 5) is 0. The van der Waals surface area contributed by atoms with Crippen molar-refractivity contribution in [3.8, 4) is 0 Å². The Bertz CT molecular complexity index is 1700. The van der Waals surface area contributed by atoms with E-state index >= 15 is 0 Å². The number of aliphatic hydroxyl groups is 17. The summed E-state index contributed by atoms with van der Waals surface area (Å²) in [6, 6.07) is 0. The molecule has 12 bridgehead atoms. The fraction of sp³-hybridized carbons (Fsp3) is 1.00. The van der Waals surface area contributed by atoms with Gasteiger partial charge in [0, 0.05) is 6.61 Å². The van der Waals surface area contributed by atoms with Gasteiger partial charge in [0.25, 0.3) is 0 Å². The fourth-order valence-corrected chi connectivity index (χ4v) is 10.2. The first-order chi connectivity index (χ1) is 35.5. The van der Waals surface area contributed by atoms with E-state index in [0.29, 0.717) is 19.4 Å². The van der Waals surface area contributed by atoms with Gasteiger partial charge in [-0.3, -0.25) is 0 Å². The van der Waals surface area contributed by atoms with Crippen LogP contribution in [0.2, 0.25) is 0 Å². The molecule has 23 aliphatic heterocycles. The predicted octanol–water partition coefficient (Wildman–Crippen LogP) is -11.1. The van der Waals surface area contributed by atoms with Crippen LogP contribution in [0.25, 0.3) is 0 Å². The largest absolute Gasteiger partial charge is 0.394 e. The molecular weight excluding hydrogens is 1010 g/mol. The highest BCUT2D eigenvalue weighted by Crippen LogP contribution is 2.38. The number of unbranched alkanes of at least 4 members (excludes halogenated alkanes) is 2. The third-order valence-electron chi connectivity index (χ3n) is 14.5. The minimum Gasteiger partial charge on any atom is -0.394 e. The van der Waals surface area contributed by atoms with Crippen molar-refractivity contribution in [1.82, 2.24) is 0 Å². The molecule has 0 radical (unpaired) electrons. The average Bonchev–Trinajstić information content (AvgIpc) is 4.23. The SMILES string of the molecule is OC[C@H]1O[C@@H]2O[C@H]3[C@H](O)[C@@H](O)[C@@H](O[C@H]4[C@H](O)[C@@H](O)[C@@H](O[C@H]5[C@H](O)[C@@H](O)[C@@H](O[C@H]6[C@H](O)[C@@H](O)[C@@H](O[C@H]7[C@H](O)[C@@H](O)[C@@H](O[C@@H]1[C@H](OCCCCCC1CO1)[C@H]2O)O[C@@H]7CO)O[C@@H]6CO)O[C@@H]5CO)O[C@@H]4CO)O[C@@H]3CO. The zero-order valence-corrected chi connectivity index (χ0v) is 39.7. The third kappa shape index (κ3) is 12.4. The molecule has 0 amide bonds. The van der Waals surface area contributed by atoms with Gasteiger partial charge in [0.2, 0.25) is 0 Å². The zero-order valence-electron chi connectivity index (χ0n) is 39.7. The van der Waals surface area contributed by atoms with Crippen LogP contribution in [0.15, 0.2) is 0 Å². The molecular formula is C43H72O31. The topological polar surface area (TPSA) is 476 Å². The van der Waals surface area contributed by atoms with Gasteiger partial charge in [0.1, 0.15) is 146 Å². The van der Waals surface area contributed by atoms with Crippen molar-refractivity contribution >= 4 is 0 Å². The highest BCUT2D eigenvalue weighted by Gasteiger charge is 2.59. The van der Waals surface area contributed by atoms with Gasteiger partial charge >= 0.3 is 0 Å². The summed E-state index contributed by atoms with van der Waals surface area (Å²) in [6.45, 7) is -5.20. The van der Waals surface area contributed by atoms with E-state index in [4.69, 9.17) is 66.3 Å². The first-order valence-electron chi connectivity index (χ1n) is 24.7. The molecule has 0 aliphatic carbocycles. The Labute approximate surface area is 421 Å². The molecule has 23 fully saturated rings. The van der Waals surface area contributed by atoms with Gasteiger partial charge in [0.05, 0.1) is 52.4 Å². The van der Waals surface area contributed by atoms with Gasteiger partial charge in [0.15, 0.2) is 37.7 Å². The normalized spacial score (nSPS) is 52.4. The quantitative estimate of drug-likeness (QED) is 0.0601. The van der Waals surface area contributed by atoms with E-state index in [1.807, 2.05) is 0 Å². The van der Waals surface area contributed by atoms with E-state index < -0.39 is 224 Å². The summed E-state index contributed by atoms with van der Waals surface area (Å²) >= 11 is 0. The van der Waals surface area contributed by atoms with Gasteiger partial charge in [-0.25, -0.2) is 0 Å². The molecule has 23 rings (SSSR count). The Morgan fingerprint density at radius 2 is 0.554 bits per heavy atom. The second-order valence-electron chi connectivity index (χ2n) is 19.5. The van der Waals surface area contributed by atoms with Crippen LogP contribution in [0.4, 0.5) is 0 Å². The van der Waals surface area contributed by atoms with Gasteiger partial charge in [-0.15, -0.1) is 0 Å². The van der Waals surface area contributed by atoms with E-state index in [2.05, 4.69) is 0 Å². The molecule has 17 N–H and O–H groups in total. The number of aliphatic hydroxyl groups excluding tert-OH is 17. The van der Waals surface area contributed by atoms with Crippen LogP contribution in [0.3, 0.4) is 0 Å². The Balaban J connectivity index is 1.09.